The second kappa shape index (κ2) is 6.72. The summed E-state index contributed by atoms with van der Waals surface area (Å²) in [5.41, 5.74) is 2.22. The van der Waals surface area contributed by atoms with E-state index in [1.54, 1.807) is 14.2 Å². The van der Waals surface area contributed by atoms with Gasteiger partial charge in [0.2, 0.25) is 6.79 Å². The molecule has 2 aromatic rings. The van der Waals surface area contributed by atoms with Crippen LogP contribution in [0.3, 0.4) is 0 Å². The number of ether oxygens (including phenoxy) is 5. The minimum Gasteiger partial charge on any atom is -0.493 e. The molecule has 0 amide bonds. The molecule has 4 atom stereocenters. The van der Waals surface area contributed by atoms with E-state index in [1.807, 2.05) is 24.3 Å². The van der Waals surface area contributed by atoms with E-state index in [1.165, 1.54) is 0 Å². The van der Waals surface area contributed by atoms with Crippen molar-refractivity contribution in [2.24, 2.45) is 11.8 Å². The highest BCUT2D eigenvalue weighted by molar-refractivity contribution is 5.46. The summed E-state index contributed by atoms with van der Waals surface area (Å²) in [7, 11) is 3.29. The van der Waals surface area contributed by atoms with Gasteiger partial charge in [0.1, 0.15) is 0 Å². The zero-order valence-corrected chi connectivity index (χ0v) is 15.5. The fourth-order valence-corrected chi connectivity index (χ4v) is 3.84. The average molecular weight is 356 g/mol. The minimum atomic E-state index is 0.000212. The van der Waals surface area contributed by atoms with Gasteiger partial charge in [-0.3, -0.25) is 0 Å². The van der Waals surface area contributed by atoms with Gasteiger partial charge in [0.05, 0.1) is 26.4 Å². The second-order valence-electron chi connectivity index (χ2n) is 6.92. The van der Waals surface area contributed by atoms with Gasteiger partial charge in [-0.2, -0.15) is 0 Å². The van der Waals surface area contributed by atoms with E-state index in [4.69, 9.17) is 23.7 Å². The van der Waals surface area contributed by atoms with E-state index in [0.29, 0.717) is 11.8 Å². The van der Waals surface area contributed by atoms with Crippen LogP contribution in [0.5, 0.6) is 23.0 Å². The third kappa shape index (κ3) is 2.76. The Morgan fingerprint density at radius 2 is 1.38 bits per heavy atom. The number of methoxy groups -OCH3 is 2. The van der Waals surface area contributed by atoms with Crippen molar-refractivity contribution in [2.45, 2.75) is 26.1 Å². The number of hydrogen-bond donors (Lipinski definition) is 0. The Bertz CT molecular complexity index is 803. The van der Waals surface area contributed by atoms with Crippen LogP contribution in [0.2, 0.25) is 0 Å². The molecule has 1 saturated heterocycles. The van der Waals surface area contributed by atoms with Gasteiger partial charge in [0, 0.05) is 0 Å². The first-order valence-electron chi connectivity index (χ1n) is 8.89. The Morgan fingerprint density at radius 1 is 0.769 bits per heavy atom. The summed E-state index contributed by atoms with van der Waals surface area (Å²) in [6.07, 6.45) is 0.0119. The van der Waals surface area contributed by atoms with Crippen molar-refractivity contribution >= 4 is 0 Å². The third-order valence-electron chi connectivity index (χ3n) is 5.54. The van der Waals surface area contributed by atoms with Crippen LogP contribution < -0.4 is 18.9 Å². The zero-order valence-electron chi connectivity index (χ0n) is 15.5. The largest absolute Gasteiger partial charge is 0.493 e. The molecule has 5 heteroatoms. The third-order valence-corrected chi connectivity index (χ3v) is 5.54. The molecule has 0 spiro atoms. The van der Waals surface area contributed by atoms with Crippen LogP contribution in [0.15, 0.2) is 36.4 Å². The topological polar surface area (TPSA) is 46.2 Å². The van der Waals surface area contributed by atoms with Crippen molar-refractivity contribution < 1.29 is 23.7 Å². The van der Waals surface area contributed by atoms with E-state index in [0.717, 1.165) is 34.1 Å². The number of fused-ring (bicyclic) bond motifs is 1. The summed E-state index contributed by atoms with van der Waals surface area (Å²) in [6.45, 7) is 4.75. The predicted molar refractivity (Wildman–Crippen MR) is 97.0 cm³/mol. The van der Waals surface area contributed by atoms with Crippen LogP contribution in [-0.4, -0.2) is 21.0 Å². The molecular weight excluding hydrogens is 332 g/mol. The van der Waals surface area contributed by atoms with Crippen molar-refractivity contribution in [1.82, 2.24) is 0 Å². The van der Waals surface area contributed by atoms with Crippen LogP contribution in [0.1, 0.15) is 37.2 Å². The lowest BCUT2D eigenvalue weighted by molar-refractivity contribution is 0.0288. The lowest BCUT2D eigenvalue weighted by Gasteiger charge is -2.18. The van der Waals surface area contributed by atoms with Crippen molar-refractivity contribution in [2.75, 3.05) is 21.0 Å². The molecule has 0 aromatic heterocycles. The summed E-state index contributed by atoms with van der Waals surface area (Å²) in [4.78, 5) is 0. The summed E-state index contributed by atoms with van der Waals surface area (Å²) >= 11 is 0. The number of hydrogen-bond acceptors (Lipinski definition) is 5. The predicted octanol–water partition coefficient (Wildman–Crippen LogP) is 4.52. The highest BCUT2D eigenvalue weighted by Gasteiger charge is 2.41. The quantitative estimate of drug-likeness (QED) is 0.806. The molecule has 26 heavy (non-hydrogen) atoms. The average Bonchev–Trinajstić information content (AvgIpc) is 3.25. The van der Waals surface area contributed by atoms with Gasteiger partial charge in [-0.25, -0.2) is 0 Å². The molecule has 2 aliphatic heterocycles. The van der Waals surface area contributed by atoms with Gasteiger partial charge in [-0.05, 0) is 47.2 Å². The first-order chi connectivity index (χ1) is 12.6. The molecule has 2 heterocycles. The normalized spacial score (nSPS) is 26.8. The second-order valence-corrected chi connectivity index (χ2v) is 6.92. The molecular formula is C21H24O5. The maximum absolute atomic E-state index is 6.50. The van der Waals surface area contributed by atoms with Gasteiger partial charge in [-0.1, -0.05) is 26.0 Å². The molecule has 0 saturated carbocycles. The highest BCUT2D eigenvalue weighted by atomic mass is 16.7. The Labute approximate surface area is 153 Å². The monoisotopic (exact) mass is 356 g/mol. The fraction of sp³-hybridized carbons (Fsp3) is 0.429. The maximum atomic E-state index is 6.50. The Balaban J connectivity index is 1.62. The van der Waals surface area contributed by atoms with Crippen molar-refractivity contribution in [3.63, 3.8) is 0 Å². The summed E-state index contributed by atoms with van der Waals surface area (Å²) < 4.78 is 28.2. The summed E-state index contributed by atoms with van der Waals surface area (Å²) in [5.74, 6) is 3.77. The molecule has 4 rings (SSSR count). The maximum Gasteiger partial charge on any atom is 0.231 e. The lowest BCUT2D eigenvalue weighted by Crippen LogP contribution is -2.10. The van der Waals surface area contributed by atoms with Crippen molar-refractivity contribution in [3.05, 3.63) is 47.5 Å². The smallest absolute Gasteiger partial charge is 0.231 e. The van der Waals surface area contributed by atoms with E-state index >= 15 is 0 Å². The van der Waals surface area contributed by atoms with Crippen LogP contribution in [0.25, 0.3) is 0 Å². The van der Waals surface area contributed by atoms with Crippen molar-refractivity contribution in [1.29, 1.82) is 0 Å². The first-order valence-corrected chi connectivity index (χ1v) is 8.89. The Morgan fingerprint density at radius 3 is 2.08 bits per heavy atom. The Hall–Kier alpha value is -2.40. The van der Waals surface area contributed by atoms with E-state index in [2.05, 4.69) is 26.0 Å². The van der Waals surface area contributed by atoms with Crippen molar-refractivity contribution in [3.8, 4) is 23.0 Å². The minimum absolute atomic E-state index is 0.000212. The molecule has 2 aliphatic rings. The van der Waals surface area contributed by atoms with E-state index < -0.39 is 0 Å². The van der Waals surface area contributed by atoms with Gasteiger partial charge in [0.25, 0.3) is 0 Å². The van der Waals surface area contributed by atoms with Crippen LogP contribution in [-0.2, 0) is 4.74 Å². The molecule has 0 N–H and O–H groups in total. The number of rotatable bonds is 4. The van der Waals surface area contributed by atoms with Gasteiger partial charge in [-0.15, -0.1) is 0 Å². The van der Waals surface area contributed by atoms with Gasteiger partial charge >= 0.3 is 0 Å². The molecule has 0 aliphatic carbocycles. The molecule has 0 bridgehead atoms. The van der Waals surface area contributed by atoms with Crippen LogP contribution in [0, 0.1) is 11.8 Å². The molecule has 0 radical (unpaired) electrons. The van der Waals surface area contributed by atoms with E-state index in [-0.39, 0.29) is 19.0 Å². The molecule has 2 aromatic carbocycles. The van der Waals surface area contributed by atoms with Gasteiger partial charge < -0.3 is 23.7 Å². The van der Waals surface area contributed by atoms with Crippen LogP contribution in [0.4, 0.5) is 0 Å². The first kappa shape index (κ1) is 17.0. The summed E-state index contributed by atoms with van der Waals surface area (Å²) in [5, 5.41) is 0. The molecule has 138 valence electrons. The SMILES string of the molecule is COc1ccc([C@H]2O[C@H](c3ccc4c(c3)OCO4)[C@@H](C)[C@@H]2C)cc1OC. The zero-order chi connectivity index (χ0) is 18.3. The van der Waals surface area contributed by atoms with Gasteiger partial charge in [0.15, 0.2) is 23.0 Å². The standard InChI is InChI=1S/C21H24O5/c1-12-13(2)21(15-6-8-17-19(10-15)25-11-24-17)26-20(12)14-5-7-16(22-3)18(9-14)23-4/h5-10,12-13,20-21H,11H2,1-4H3/t12-,13-,20-,21-/m0/s1. The van der Waals surface area contributed by atoms with Crippen LogP contribution >= 0.6 is 0 Å². The molecule has 0 unspecified atom stereocenters. The summed E-state index contributed by atoms with van der Waals surface area (Å²) in [6, 6.07) is 12.1. The highest BCUT2D eigenvalue weighted by Crippen LogP contribution is 2.50. The van der Waals surface area contributed by atoms with E-state index in [9.17, 15) is 0 Å². The molecule has 5 nitrogen and oxygen atoms in total. The lowest BCUT2D eigenvalue weighted by atomic mass is 9.85. The molecule has 1 fully saturated rings. The Kier molecular flexibility index (Phi) is 4.41. The number of benzene rings is 2. The fourth-order valence-electron chi connectivity index (χ4n) is 3.84.